The van der Waals surface area contributed by atoms with Crippen molar-refractivity contribution in [2.45, 2.75) is 69.7 Å². The number of esters is 1. The van der Waals surface area contributed by atoms with Crippen molar-refractivity contribution < 1.29 is 31.8 Å². The fourth-order valence-corrected chi connectivity index (χ4v) is 7.80. The van der Waals surface area contributed by atoms with E-state index in [0.29, 0.717) is 18.1 Å². The molecule has 1 saturated heterocycles. The molecule has 2 aromatic rings. The average Bonchev–Trinajstić information content (AvgIpc) is 2.77. The second kappa shape index (κ2) is 11.5. The lowest BCUT2D eigenvalue weighted by atomic mass is 9.93. The van der Waals surface area contributed by atoms with Crippen molar-refractivity contribution in [1.29, 1.82) is 0 Å². The number of ether oxygens (including phenoxy) is 2. The van der Waals surface area contributed by atoms with E-state index in [4.69, 9.17) is 4.74 Å². The molecule has 3 nitrogen and oxygen atoms in total. The first-order valence-electron chi connectivity index (χ1n) is 11.1. The molecule has 0 bridgehead atoms. The molecule has 1 aliphatic rings. The number of benzene rings is 2. The highest BCUT2D eigenvalue weighted by molar-refractivity contribution is 6.59. The minimum Gasteiger partial charge on any atom is -0.429 e. The molecule has 2 aromatic carbocycles. The van der Waals surface area contributed by atoms with Crippen molar-refractivity contribution in [3.8, 4) is 11.5 Å². The number of alkyl halides is 2. The lowest BCUT2D eigenvalue weighted by molar-refractivity contribution is -0.0546. The maximum Gasteiger partial charge on any atom is 0.387 e. The van der Waals surface area contributed by atoms with Crippen LogP contribution in [0, 0.1) is 11.6 Å². The SMILES string of the molecule is CCCCC[SiH]1CCC(c2ccc(OC(=O)c3cc(F)c(OC(F)F)c(F)c3)cc2)CC1. The molecule has 0 unspecified atom stereocenters. The summed E-state index contributed by atoms with van der Waals surface area (Å²) >= 11 is 0. The van der Waals surface area contributed by atoms with Crippen LogP contribution in [0.25, 0.3) is 0 Å². The zero-order valence-electron chi connectivity index (χ0n) is 18.1. The van der Waals surface area contributed by atoms with Gasteiger partial charge in [0.1, 0.15) is 5.75 Å². The van der Waals surface area contributed by atoms with Crippen molar-refractivity contribution in [1.82, 2.24) is 0 Å². The number of carbonyl (C=O) groups is 1. The van der Waals surface area contributed by atoms with E-state index in [1.54, 1.807) is 12.1 Å². The molecular weight excluding hydrogens is 440 g/mol. The maximum atomic E-state index is 13.8. The van der Waals surface area contributed by atoms with Crippen LogP contribution in [-0.4, -0.2) is 21.4 Å². The van der Waals surface area contributed by atoms with Crippen LogP contribution in [0.2, 0.25) is 18.1 Å². The molecule has 0 aromatic heterocycles. The molecule has 1 aliphatic heterocycles. The Hall–Kier alpha value is -2.35. The van der Waals surface area contributed by atoms with E-state index in [1.807, 2.05) is 12.1 Å². The maximum absolute atomic E-state index is 13.8. The Morgan fingerprint density at radius 1 is 1.06 bits per heavy atom. The average molecular weight is 469 g/mol. The molecule has 0 radical (unpaired) electrons. The van der Waals surface area contributed by atoms with Crippen molar-refractivity contribution >= 4 is 14.8 Å². The second-order valence-electron chi connectivity index (χ2n) is 8.32. The van der Waals surface area contributed by atoms with Gasteiger partial charge in [-0.15, -0.1) is 0 Å². The molecule has 174 valence electrons. The molecule has 0 amide bonds. The molecule has 1 fully saturated rings. The third-order valence-electron chi connectivity index (χ3n) is 6.07. The van der Waals surface area contributed by atoms with Crippen LogP contribution in [0.5, 0.6) is 11.5 Å². The highest BCUT2D eigenvalue weighted by Crippen LogP contribution is 2.36. The van der Waals surface area contributed by atoms with Gasteiger partial charge in [-0.05, 0) is 48.6 Å². The van der Waals surface area contributed by atoms with E-state index in [9.17, 15) is 22.4 Å². The lowest BCUT2D eigenvalue weighted by Crippen LogP contribution is -2.20. The summed E-state index contributed by atoms with van der Waals surface area (Å²) in [5.74, 6) is -4.26. The standard InChI is InChI=1S/C24H28F4O3Si/c1-2-3-4-11-32-12-9-17(10-13-32)16-5-7-19(8-6-16)30-23(29)18-14-20(25)22(21(26)15-18)31-24(27)28/h5-8,14-15,17,24,32H,2-4,9-13H2,1H3. The van der Waals surface area contributed by atoms with Crippen LogP contribution >= 0.6 is 0 Å². The second-order valence-corrected chi connectivity index (χ2v) is 11.8. The first-order chi connectivity index (χ1) is 15.4. The van der Waals surface area contributed by atoms with Crippen molar-refractivity contribution in [2.24, 2.45) is 0 Å². The minimum atomic E-state index is -3.38. The number of unbranched alkanes of at least 4 members (excludes halogenated alkanes) is 2. The number of halogens is 4. The molecular formula is C24H28F4O3Si. The van der Waals surface area contributed by atoms with Crippen LogP contribution < -0.4 is 9.47 Å². The fraction of sp³-hybridized carbons (Fsp3) is 0.458. The summed E-state index contributed by atoms with van der Waals surface area (Å²) in [5.41, 5.74) is 0.772. The van der Waals surface area contributed by atoms with E-state index >= 15 is 0 Å². The third-order valence-corrected chi connectivity index (χ3v) is 9.59. The molecule has 0 N–H and O–H groups in total. The van der Waals surface area contributed by atoms with Gasteiger partial charge < -0.3 is 9.47 Å². The Labute approximate surface area is 187 Å². The van der Waals surface area contributed by atoms with Gasteiger partial charge in [0, 0.05) is 8.80 Å². The summed E-state index contributed by atoms with van der Waals surface area (Å²) in [6.45, 7) is -1.15. The zero-order chi connectivity index (χ0) is 23.1. The van der Waals surface area contributed by atoms with Crippen LogP contribution in [0.3, 0.4) is 0 Å². The number of carbonyl (C=O) groups excluding carboxylic acids is 1. The molecule has 0 aliphatic carbocycles. The molecule has 0 saturated carbocycles. The predicted molar refractivity (Wildman–Crippen MR) is 117 cm³/mol. The highest BCUT2D eigenvalue weighted by atomic mass is 28.3. The van der Waals surface area contributed by atoms with Gasteiger partial charge in [-0.1, -0.05) is 56.5 Å². The Morgan fingerprint density at radius 2 is 1.69 bits per heavy atom. The monoisotopic (exact) mass is 468 g/mol. The van der Waals surface area contributed by atoms with E-state index in [-0.39, 0.29) is 5.75 Å². The summed E-state index contributed by atoms with van der Waals surface area (Å²) in [7, 11) is -0.586. The van der Waals surface area contributed by atoms with Gasteiger partial charge in [-0.2, -0.15) is 8.78 Å². The van der Waals surface area contributed by atoms with E-state index in [1.165, 1.54) is 55.8 Å². The van der Waals surface area contributed by atoms with Crippen LogP contribution in [0.4, 0.5) is 17.6 Å². The topological polar surface area (TPSA) is 35.5 Å². The Morgan fingerprint density at radius 3 is 2.25 bits per heavy atom. The minimum absolute atomic E-state index is 0.245. The summed E-state index contributed by atoms with van der Waals surface area (Å²) in [5, 5.41) is 0. The summed E-state index contributed by atoms with van der Waals surface area (Å²) in [6.07, 6.45) is 6.37. The quantitative estimate of drug-likeness (QED) is 0.130. The molecule has 0 spiro atoms. The van der Waals surface area contributed by atoms with E-state index < -0.39 is 44.3 Å². The van der Waals surface area contributed by atoms with Crippen LogP contribution in [0.1, 0.15) is 60.9 Å². The molecule has 0 atom stereocenters. The smallest absolute Gasteiger partial charge is 0.387 e. The van der Waals surface area contributed by atoms with Gasteiger partial charge >= 0.3 is 12.6 Å². The Balaban J connectivity index is 1.56. The van der Waals surface area contributed by atoms with Gasteiger partial charge in [0.05, 0.1) is 5.56 Å². The van der Waals surface area contributed by atoms with Crippen LogP contribution in [-0.2, 0) is 0 Å². The van der Waals surface area contributed by atoms with Crippen molar-refractivity contribution in [3.63, 3.8) is 0 Å². The normalized spacial score (nSPS) is 18.6. The summed E-state index contributed by atoms with van der Waals surface area (Å²) in [4.78, 5) is 12.2. The van der Waals surface area contributed by atoms with Gasteiger partial charge in [0.25, 0.3) is 0 Å². The van der Waals surface area contributed by atoms with Gasteiger partial charge in [-0.25, -0.2) is 13.6 Å². The Bertz CT molecular complexity index is 874. The van der Waals surface area contributed by atoms with Crippen LogP contribution in [0.15, 0.2) is 36.4 Å². The number of hydrogen-bond donors (Lipinski definition) is 0. The van der Waals surface area contributed by atoms with E-state index in [2.05, 4.69) is 11.7 Å². The number of rotatable bonds is 9. The first-order valence-corrected chi connectivity index (χ1v) is 13.6. The first kappa shape index (κ1) is 24.3. The number of hydrogen-bond acceptors (Lipinski definition) is 3. The largest absolute Gasteiger partial charge is 0.429 e. The summed E-state index contributed by atoms with van der Waals surface area (Å²) < 4.78 is 61.1. The zero-order valence-corrected chi connectivity index (χ0v) is 19.2. The van der Waals surface area contributed by atoms with Gasteiger partial charge in [0.15, 0.2) is 17.4 Å². The summed E-state index contributed by atoms with van der Waals surface area (Å²) in [6, 6.07) is 12.6. The van der Waals surface area contributed by atoms with Crippen molar-refractivity contribution in [2.75, 3.05) is 0 Å². The molecule has 3 rings (SSSR count). The van der Waals surface area contributed by atoms with E-state index in [0.717, 1.165) is 0 Å². The lowest BCUT2D eigenvalue weighted by Gasteiger charge is -2.28. The highest BCUT2D eigenvalue weighted by Gasteiger charge is 2.23. The molecule has 1 heterocycles. The van der Waals surface area contributed by atoms with Crippen molar-refractivity contribution in [3.05, 3.63) is 59.2 Å². The van der Waals surface area contributed by atoms with Gasteiger partial charge in [-0.3, -0.25) is 0 Å². The van der Waals surface area contributed by atoms with Gasteiger partial charge in [0.2, 0.25) is 0 Å². The predicted octanol–water partition coefficient (Wildman–Crippen LogP) is 7.08. The third kappa shape index (κ3) is 6.57. The molecule has 8 heteroatoms. The fourth-order valence-electron chi connectivity index (χ4n) is 4.32. The Kier molecular flexibility index (Phi) is 8.73. The molecule has 32 heavy (non-hydrogen) atoms.